The van der Waals surface area contributed by atoms with Crippen LogP contribution in [0.15, 0.2) is 59.7 Å². The number of nitrogens with zero attached hydrogens (tertiary/aromatic N) is 2. The summed E-state index contributed by atoms with van der Waals surface area (Å²) in [7, 11) is 0. The van der Waals surface area contributed by atoms with Crippen LogP contribution in [0.2, 0.25) is 0 Å². The fraction of sp³-hybridized carbons (Fsp3) is 0.640. The minimum Gasteiger partial charge on any atom is -0.493 e. The van der Waals surface area contributed by atoms with Gasteiger partial charge in [0.1, 0.15) is 0 Å². The van der Waals surface area contributed by atoms with E-state index in [9.17, 15) is 5.53 Å². The molecule has 0 atom stereocenters. The van der Waals surface area contributed by atoms with Crippen LogP contribution in [-0.4, -0.2) is 4.70 Å². The van der Waals surface area contributed by atoms with Crippen LogP contribution in [0.25, 0.3) is 16.9 Å². The average molecular weight is 766 g/mol. The largest absolute Gasteiger partial charge is 0.493 e. The third kappa shape index (κ3) is 16.2. The van der Waals surface area contributed by atoms with E-state index in [0.717, 1.165) is 62.8 Å². The van der Waals surface area contributed by atoms with Crippen molar-refractivity contribution >= 4 is 11.4 Å². The van der Waals surface area contributed by atoms with E-state index in [4.69, 9.17) is 0 Å². The van der Waals surface area contributed by atoms with Gasteiger partial charge in [-0.15, -0.1) is 0 Å². The van der Waals surface area contributed by atoms with E-state index in [0.29, 0.717) is 0 Å². The molecule has 0 bridgehead atoms. The number of rotatable bonds is 29. The van der Waals surface area contributed by atoms with Gasteiger partial charge in [-0.05, 0) is 124 Å². The Labute approximate surface area is 338 Å². The molecule has 1 heterocycles. The van der Waals surface area contributed by atoms with Crippen LogP contribution < -0.4 is 0 Å². The zero-order valence-electron chi connectivity index (χ0n) is 35.2. The first-order valence-corrected chi connectivity index (χ1v) is 22.4. The van der Waals surface area contributed by atoms with Gasteiger partial charge in [-0.3, -0.25) is 0 Å². The second kappa shape index (κ2) is 28.2. The van der Waals surface area contributed by atoms with Gasteiger partial charge < -0.3 is 5.53 Å². The minimum absolute atomic E-state index is 0. The molecule has 0 saturated heterocycles. The van der Waals surface area contributed by atoms with Crippen molar-refractivity contribution in [2.45, 2.75) is 208 Å². The average Bonchev–Trinajstić information content (AvgIpc) is 3.43. The van der Waals surface area contributed by atoms with Crippen LogP contribution >= 0.6 is 0 Å². The third-order valence-electron chi connectivity index (χ3n) is 11.0. The molecule has 0 amide bonds. The van der Waals surface area contributed by atoms with Crippen molar-refractivity contribution in [1.29, 1.82) is 0 Å². The molecule has 0 spiro atoms. The summed E-state index contributed by atoms with van der Waals surface area (Å²) in [6.07, 6.45) is 36.5. The van der Waals surface area contributed by atoms with Crippen molar-refractivity contribution in [2.24, 2.45) is 0 Å². The molecule has 0 fully saturated rings. The Hall–Kier alpha value is -2.25. The zero-order valence-corrected chi connectivity index (χ0v) is 36.2. The van der Waals surface area contributed by atoms with Gasteiger partial charge in [-0.25, -0.2) is 4.70 Å². The molecule has 53 heavy (non-hydrogen) atoms. The molecule has 0 aliphatic carbocycles. The first kappa shape index (κ1) is 46.9. The SMILES string of the molecule is CCCCCCCCCCC=CC1=C(c2cc(CCCC)cc(CCCCC)c2)[N+](=[N-])C(c2cc(CCCC)cc(CCCCC)c2)=C1CCCC.[Ni]. The van der Waals surface area contributed by atoms with E-state index in [1.165, 1.54) is 160 Å². The van der Waals surface area contributed by atoms with Gasteiger partial charge in [0.25, 0.3) is 0 Å². The maximum atomic E-state index is 12.6. The second-order valence-corrected chi connectivity index (χ2v) is 15.9. The summed E-state index contributed by atoms with van der Waals surface area (Å²) in [6, 6.07) is 14.5. The molecule has 2 aromatic rings. The maximum Gasteiger partial charge on any atom is 0.215 e. The molecule has 2 aromatic carbocycles. The Balaban J connectivity index is 0.00000972. The van der Waals surface area contributed by atoms with Crippen LogP contribution in [0.5, 0.6) is 0 Å². The summed E-state index contributed by atoms with van der Waals surface area (Å²) in [5.41, 5.74) is 25.2. The molecular weight excluding hydrogens is 687 g/mol. The molecule has 0 aromatic heterocycles. The zero-order chi connectivity index (χ0) is 37.4. The summed E-state index contributed by atoms with van der Waals surface area (Å²) in [5.74, 6) is 0. The Morgan fingerprint density at radius 3 is 1.28 bits per heavy atom. The number of aryl methyl sites for hydroxylation is 4. The molecule has 3 heteroatoms. The van der Waals surface area contributed by atoms with Crippen molar-refractivity contribution in [3.05, 3.63) is 98.6 Å². The van der Waals surface area contributed by atoms with E-state index in [-0.39, 0.29) is 16.5 Å². The minimum atomic E-state index is 0. The normalized spacial score (nSPS) is 13.2. The first-order chi connectivity index (χ1) is 25.5. The van der Waals surface area contributed by atoms with E-state index in [1.807, 2.05) is 0 Å². The van der Waals surface area contributed by atoms with Crippen LogP contribution in [0, 0.1) is 0 Å². The van der Waals surface area contributed by atoms with Gasteiger partial charge in [-0.2, -0.15) is 0 Å². The molecule has 1 aliphatic rings. The molecule has 0 radical (unpaired) electrons. The number of allylic oxidation sites excluding steroid dienone is 4. The first-order valence-electron chi connectivity index (χ1n) is 22.4. The van der Waals surface area contributed by atoms with Crippen molar-refractivity contribution in [3.63, 3.8) is 0 Å². The topological polar surface area (TPSA) is 25.3 Å². The van der Waals surface area contributed by atoms with Gasteiger partial charge in [0.15, 0.2) is 0 Å². The van der Waals surface area contributed by atoms with E-state index in [1.54, 1.807) is 4.70 Å². The standard InChI is InChI=1S/C50H78N2.Ni/c1-7-13-19-20-21-22-23-24-25-28-34-48-47(33-18-12-6)49(45-37-41(29-16-10-4)35-43(39-45)31-26-14-8-2)52(51)50(48)46-38-42(30-17-11-5)36-44(40-46)32-27-15-9-3;/h28,34-40H,7-27,29-33H2,1-6H3;. The fourth-order valence-corrected chi connectivity index (χ4v) is 7.88. The molecule has 2 nitrogen and oxygen atoms in total. The van der Waals surface area contributed by atoms with Crippen molar-refractivity contribution < 1.29 is 21.2 Å². The molecule has 298 valence electrons. The summed E-state index contributed by atoms with van der Waals surface area (Å²) >= 11 is 0. The van der Waals surface area contributed by atoms with Crippen molar-refractivity contribution in [1.82, 2.24) is 0 Å². The second-order valence-electron chi connectivity index (χ2n) is 15.9. The van der Waals surface area contributed by atoms with Crippen LogP contribution in [0.3, 0.4) is 0 Å². The Morgan fingerprint density at radius 1 is 0.434 bits per heavy atom. The summed E-state index contributed by atoms with van der Waals surface area (Å²) in [6.45, 7) is 13.8. The Kier molecular flexibility index (Phi) is 25.0. The van der Waals surface area contributed by atoms with Gasteiger partial charge in [0.2, 0.25) is 11.4 Å². The number of hydrogen-bond acceptors (Lipinski definition) is 0. The molecule has 0 N–H and O–H groups in total. The van der Waals surface area contributed by atoms with Crippen molar-refractivity contribution in [2.75, 3.05) is 0 Å². The van der Waals surface area contributed by atoms with Crippen LogP contribution in [0.1, 0.15) is 216 Å². The van der Waals surface area contributed by atoms with Gasteiger partial charge in [0.05, 0.1) is 5.57 Å². The van der Waals surface area contributed by atoms with Gasteiger partial charge in [-0.1, -0.05) is 156 Å². The smallest absolute Gasteiger partial charge is 0.215 e. The third-order valence-corrected chi connectivity index (χ3v) is 11.0. The Bertz CT molecular complexity index is 1430. The van der Waals surface area contributed by atoms with Crippen LogP contribution in [0.4, 0.5) is 0 Å². The van der Waals surface area contributed by atoms with Crippen molar-refractivity contribution in [3.8, 4) is 0 Å². The van der Waals surface area contributed by atoms with E-state index >= 15 is 0 Å². The predicted molar refractivity (Wildman–Crippen MR) is 230 cm³/mol. The van der Waals surface area contributed by atoms with E-state index in [2.05, 4.69) is 90.1 Å². The molecule has 1 aliphatic heterocycles. The number of benzene rings is 2. The predicted octanol–water partition coefficient (Wildman–Crippen LogP) is 16.3. The Morgan fingerprint density at radius 2 is 0.811 bits per heavy atom. The van der Waals surface area contributed by atoms with Crippen LogP contribution in [-0.2, 0) is 42.2 Å². The summed E-state index contributed by atoms with van der Waals surface area (Å²) in [5, 5.41) is 0. The number of unbranched alkanes of at least 4 members (excludes halogenated alkanes) is 15. The molecule has 3 rings (SSSR count). The fourth-order valence-electron chi connectivity index (χ4n) is 7.88. The molecular formula is C50H78N2Ni. The molecule has 0 saturated carbocycles. The number of hydrogen-bond donors (Lipinski definition) is 0. The molecule has 0 unspecified atom stereocenters. The quantitative estimate of drug-likeness (QED) is 0.0448. The summed E-state index contributed by atoms with van der Waals surface area (Å²) in [4.78, 5) is 0. The van der Waals surface area contributed by atoms with Gasteiger partial charge in [0, 0.05) is 33.2 Å². The van der Waals surface area contributed by atoms with Gasteiger partial charge >= 0.3 is 0 Å². The summed E-state index contributed by atoms with van der Waals surface area (Å²) < 4.78 is 1.63. The van der Waals surface area contributed by atoms with E-state index < -0.39 is 0 Å². The maximum absolute atomic E-state index is 12.6. The monoisotopic (exact) mass is 765 g/mol.